The predicted molar refractivity (Wildman–Crippen MR) is 122 cm³/mol. The average molecular weight is 386 g/mol. The minimum absolute atomic E-state index is 0.659. The topological polar surface area (TPSA) is 38.2 Å². The molecule has 0 fully saturated rings. The summed E-state index contributed by atoms with van der Waals surface area (Å²) in [5.74, 6) is 2.47. The molecule has 29 heavy (non-hydrogen) atoms. The van der Waals surface area contributed by atoms with E-state index in [1.807, 2.05) is 101 Å². The van der Waals surface area contributed by atoms with Crippen LogP contribution in [-0.4, -0.2) is 23.6 Å². The Morgan fingerprint density at radius 2 is 1.45 bits per heavy atom. The minimum Gasteiger partial charge on any atom is -0.494 e. The maximum atomic E-state index is 5.55. The van der Waals surface area contributed by atoms with Gasteiger partial charge in [-0.05, 0) is 43.3 Å². The van der Waals surface area contributed by atoms with Crippen LogP contribution in [0, 0.1) is 0 Å². The fourth-order valence-corrected chi connectivity index (χ4v) is 3.09. The number of hydrogen-bond donors (Lipinski definition) is 0. The normalized spacial score (nSPS) is 10.2. The third-order valence-electron chi connectivity index (χ3n) is 4.47. The minimum atomic E-state index is 0.659. The first-order valence-electron chi connectivity index (χ1n) is 10.0. The van der Waals surface area contributed by atoms with E-state index in [-0.39, 0.29) is 0 Å². The molecule has 148 valence electrons. The SMILES string of the molecule is CC.CCOc1ccc(N(C)c2nc(-c3ccccc3)nc3ccccc23)cc1. The zero-order valence-corrected chi connectivity index (χ0v) is 17.5. The zero-order valence-electron chi connectivity index (χ0n) is 17.5. The largest absolute Gasteiger partial charge is 0.494 e. The highest BCUT2D eigenvalue weighted by molar-refractivity contribution is 5.92. The Kier molecular flexibility index (Phi) is 6.80. The fourth-order valence-electron chi connectivity index (χ4n) is 3.09. The molecule has 4 heteroatoms. The Morgan fingerprint density at radius 3 is 2.14 bits per heavy atom. The van der Waals surface area contributed by atoms with Gasteiger partial charge in [-0.25, -0.2) is 9.97 Å². The van der Waals surface area contributed by atoms with Crippen molar-refractivity contribution in [1.82, 2.24) is 9.97 Å². The van der Waals surface area contributed by atoms with E-state index in [4.69, 9.17) is 14.7 Å². The van der Waals surface area contributed by atoms with Crippen molar-refractivity contribution in [2.24, 2.45) is 0 Å². The third kappa shape index (κ3) is 4.54. The van der Waals surface area contributed by atoms with E-state index in [9.17, 15) is 0 Å². The van der Waals surface area contributed by atoms with Crippen LogP contribution in [0.5, 0.6) is 5.75 Å². The van der Waals surface area contributed by atoms with Crippen LogP contribution in [-0.2, 0) is 0 Å². The summed E-state index contributed by atoms with van der Waals surface area (Å²) in [5, 5.41) is 1.02. The Bertz CT molecular complexity index is 1050. The number of para-hydroxylation sites is 1. The van der Waals surface area contributed by atoms with E-state index in [0.717, 1.165) is 39.5 Å². The lowest BCUT2D eigenvalue weighted by molar-refractivity contribution is 0.340. The lowest BCUT2D eigenvalue weighted by atomic mass is 10.1. The maximum Gasteiger partial charge on any atom is 0.162 e. The molecule has 1 heterocycles. The van der Waals surface area contributed by atoms with Gasteiger partial charge in [0.2, 0.25) is 0 Å². The second-order valence-electron chi connectivity index (χ2n) is 6.24. The fraction of sp³-hybridized carbons (Fsp3) is 0.200. The molecule has 0 aliphatic rings. The first kappa shape index (κ1) is 20.3. The molecule has 0 unspecified atom stereocenters. The van der Waals surface area contributed by atoms with Crippen LogP contribution in [0.2, 0.25) is 0 Å². The van der Waals surface area contributed by atoms with Gasteiger partial charge in [0.25, 0.3) is 0 Å². The highest BCUT2D eigenvalue weighted by Gasteiger charge is 2.14. The zero-order chi connectivity index (χ0) is 20.6. The molecule has 0 radical (unpaired) electrons. The van der Waals surface area contributed by atoms with Gasteiger partial charge in [-0.1, -0.05) is 56.3 Å². The average Bonchev–Trinajstić information content (AvgIpc) is 2.80. The number of hydrogen-bond acceptors (Lipinski definition) is 4. The first-order chi connectivity index (χ1) is 14.3. The Balaban J connectivity index is 0.00000117. The summed E-state index contributed by atoms with van der Waals surface area (Å²) in [5.41, 5.74) is 2.98. The van der Waals surface area contributed by atoms with Crippen molar-refractivity contribution in [2.45, 2.75) is 20.8 Å². The molecule has 0 N–H and O–H groups in total. The lowest BCUT2D eigenvalue weighted by Gasteiger charge is -2.21. The van der Waals surface area contributed by atoms with E-state index in [1.165, 1.54) is 0 Å². The van der Waals surface area contributed by atoms with E-state index in [2.05, 4.69) is 11.0 Å². The molecule has 0 aliphatic heterocycles. The smallest absolute Gasteiger partial charge is 0.162 e. The molecule has 4 aromatic rings. The summed E-state index contributed by atoms with van der Waals surface area (Å²) in [4.78, 5) is 11.7. The Labute approximate surface area is 172 Å². The summed E-state index contributed by atoms with van der Waals surface area (Å²) in [6.45, 7) is 6.64. The number of aromatic nitrogens is 2. The molecule has 0 saturated heterocycles. The number of nitrogens with zero attached hydrogens (tertiary/aromatic N) is 3. The molecule has 4 nitrogen and oxygen atoms in total. The molecule has 0 bridgehead atoms. The molecule has 0 amide bonds. The van der Waals surface area contributed by atoms with Gasteiger partial charge in [0.1, 0.15) is 11.6 Å². The molecular formula is C25H27N3O. The number of benzene rings is 3. The van der Waals surface area contributed by atoms with E-state index < -0.39 is 0 Å². The quantitative estimate of drug-likeness (QED) is 0.393. The molecule has 0 saturated carbocycles. The van der Waals surface area contributed by atoms with Crippen molar-refractivity contribution < 1.29 is 4.74 Å². The number of ether oxygens (including phenoxy) is 1. The first-order valence-corrected chi connectivity index (χ1v) is 10.0. The van der Waals surface area contributed by atoms with E-state index in [0.29, 0.717) is 6.61 Å². The van der Waals surface area contributed by atoms with Gasteiger partial charge in [0.05, 0.1) is 12.1 Å². The van der Waals surface area contributed by atoms with Crippen LogP contribution in [0.3, 0.4) is 0 Å². The second-order valence-corrected chi connectivity index (χ2v) is 6.24. The van der Waals surface area contributed by atoms with Crippen molar-refractivity contribution in [3.63, 3.8) is 0 Å². The third-order valence-corrected chi connectivity index (χ3v) is 4.47. The summed E-state index contributed by atoms with van der Waals surface area (Å²) < 4.78 is 5.55. The molecule has 0 atom stereocenters. The predicted octanol–water partition coefficient (Wildman–Crippen LogP) is 6.49. The summed E-state index contributed by atoms with van der Waals surface area (Å²) >= 11 is 0. The lowest BCUT2D eigenvalue weighted by Crippen LogP contribution is -2.13. The highest BCUT2D eigenvalue weighted by atomic mass is 16.5. The van der Waals surface area contributed by atoms with Crippen molar-refractivity contribution in [1.29, 1.82) is 0 Å². The van der Waals surface area contributed by atoms with Crippen LogP contribution < -0.4 is 9.64 Å². The van der Waals surface area contributed by atoms with Crippen LogP contribution in [0.4, 0.5) is 11.5 Å². The van der Waals surface area contributed by atoms with E-state index in [1.54, 1.807) is 0 Å². The van der Waals surface area contributed by atoms with Gasteiger partial charge in [-0.2, -0.15) is 0 Å². The summed E-state index contributed by atoms with van der Waals surface area (Å²) in [6.07, 6.45) is 0. The summed E-state index contributed by atoms with van der Waals surface area (Å²) in [6, 6.07) is 26.2. The van der Waals surface area contributed by atoms with Gasteiger partial charge in [0.15, 0.2) is 5.82 Å². The molecule has 1 aromatic heterocycles. The van der Waals surface area contributed by atoms with E-state index >= 15 is 0 Å². The number of fused-ring (bicyclic) bond motifs is 1. The Hall–Kier alpha value is -3.40. The monoisotopic (exact) mass is 385 g/mol. The molecule has 3 aromatic carbocycles. The number of rotatable bonds is 5. The molecule has 0 spiro atoms. The van der Waals surface area contributed by atoms with Crippen LogP contribution in [0.25, 0.3) is 22.3 Å². The maximum absolute atomic E-state index is 5.55. The molecular weight excluding hydrogens is 358 g/mol. The summed E-state index contributed by atoms with van der Waals surface area (Å²) in [7, 11) is 2.03. The molecule has 0 aliphatic carbocycles. The van der Waals surface area contributed by atoms with Crippen molar-refractivity contribution in [3.05, 3.63) is 78.9 Å². The van der Waals surface area contributed by atoms with Gasteiger partial charge >= 0.3 is 0 Å². The second kappa shape index (κ2) is 9.69. The Morgan fingerprint density at radius 1 is 0.793 bits per heavy atom. The number of anilines is 2. The van der Waals surface area contributed by atoms with Crippen LogP contribution in [0.15, 0.2) is 78.9 Å². The van der Waals surface area contributed by atoms with Gasteiger partial charge in [-0.3, -0.25) is 0 Å². The van der Waals surface area contributed by atoms with Crippen molar-refractivity contribution in [2.75, 3.05) is 18.6 Å². The van der Waals surface area contributed by atoms with Crippen LogP contribution in [0.1, 0.15) is 20.8 Å². The standard InChI is InChI=1S/C23H21N3O.C2H6/c1-3-27-19-15-13-18(14-16-19)26(2)23-20-11-7-8-12-21(20)24-22(25-23)17-9-5-4-6-10-17;1-2/h4-16H,3H2,1-2H3;1-2H3. The van der Waals surface area contributed by atoms with Gasteiger partial charge in [-0.15, -0.1) is 0 Å². The van der Waals surface area contributed by atoms with Crippen molar-refractivity contribution in [3.8, 4) is 17.1 Å². The van der Waals surface area contributed by atoms with Crippen molar-refractivity contribution >= 4 is 22.4 Å². The van der Waals surface area contributed by atoms with Gasteiger partial charge in [0, 0.05) is 23.7 Å². The van der Waals surface area contributed by atoms with Crippen LogP contribution >= 0.6 is 0 Å². The van der Waals surface area contributed by atoms with Gasteiger partial charge < -0.3 is 9.64 Å². The molecule has 4 rings (SSSR count). The highest BCUT2D eigenvalue weighted by Crippen LogP contribution is 2.31.